The van der Waals surface area contributed by atoms with Gasteiger partial charge in [0, 0.05) is 24.5 Å². The van der Waals surface area contributed by atoms with Gasteiger partial charge in [0.25, 0.3) is 0 Å². The molecule has 0 aromatic heterocycles. The smallest absolute Gasteiger partial charge is 0.113 e. The average Bonchev–Trinajstić information content (AvgIpc) is 2.19. The molecule has 4 heteroatoms. The predicted molar refractivity (Wildman–Crippen MR) is 62.3 cm³/mol. The Bertz CT molecular complexity index is 183. The molecule has 2 aliphatic heterocycles. The minimum Gasteiger partial charge on any atom is -0.381 e. The normalized spacial score (nSPS) is 35.6. The Labute approximate surface area is 98.3 Å². The summed E-state index contributed by atoms with van der Waals surface area (Å²) in [5, 5.41) is 3.48. The molecule has 0 aromatic carbocycles. The molecule has 0 bridgehead atoms. The summed E-state index contributed by atoms with van der Waals surface area (Å²) in [6, 6.07) is 0. The van der Waals surface area contributed by atoms with Gasteiger partial charge in [0.15, 0.2) is 0 Å². The number of halogens is 1. The van der Waals surface area contributed by atoms with Crippen molar-refractivity contribution in [2.75, 3.05) is 26.4 Å². The molecule has 0 aliphatic carbocycles. The van der Waals surface area contributed by atoms with Gasteiger partial charge >= 0.3 is 0 Å². The third kappa shape index (κ3) is 3.59. The number of hydrogen-bond donors (Lipinski definition) is 1. The molecule has 3 nitrogen and oxygen atoms in total. The zero-order valence-corrected chi connectivity index (χ0v) is 10.4. The van der Waals surface area contributed by atoms with E-state index in [1.54, 1.807) is 0 Å². The highest BCUT2D eigenvalue weighted by Gasteiger charge is 2.32. The van der Waals surface area contributed by atoms with Gasteiger partial charge in [-0.3, -0.25) is 5.32 Å². The minimum atomic E-state index is 0. The van der Waals surface area contributed by atoms with Gasteiger partial charge in [0.1, 0.15) is 6.23 Å². The summed E-state index contributed by atoms with van der Waals surface area (Å²) in [5.74, 6) is 0.555. The second-order valence-electron chi connectivity index (χ2n) is 5.25. The van der Waals surface area contributed by atoms with E-state index in [2.05, 4.69) is 19.2 Å². The fourth-order valence-electron chi connectivity index (χ4n) is 2.11. The Morgan fingerprint density at radius 1 is 1.33 bits per heavy atom. The monoisotopic (exact) mass is 235 g/mol. The molecular weight excluding hydrogens is 214 g/mol. The molecule has 0 radical (unpaired) electrons. The van der Waals surface area contributed by atoms with Gasteiger partial charge in [-0.15, -0.1) is 12.4 Å². The van der Waals surface area contributed by atoms with Crippen molar-refractivity contribution in [1.82, 2.24) is 5.32 Å². The highest BCUT2D eigenvalue weighted by atomic mass is 35.5. The van der Waals surface area contributed by atoms with Gasteiger partial charge < -0.3 is 9.47 Å². The molecule has 2 unspecified atom stereocenters. The van der Waals surface area contributed by atoms with Crippen LogP contribution in [0.5, 0.6) is 0 Å². The summed E-state index contributed by atoms with van der Waals surface area (Å²) in [5.41, 5.74) is 0.284. The first kappa shape index (κ1) is 13.2. The third-order valence-electron chi connectivity index (χ3n) is 3.06. The van der Waals surface area contributed by atoms with Crippen LogP contribution in [-0.2, 0) is 9.47 Å². The van der Waals surface area contributed by atoms with Gasteiger partial charge in [-0.25, -0.2) is 0 Å². The van der Waals surface area contributed by atoms with Gasteiger partial charge in [0.2, 0.25) is 0 Å². The van der Waals surface area contributed by atoms with Crippen LogP contribution in [0.1, 0.15) is 26.7 Å². The van der Waals surface area contributed by atoms with Crippen molar-refractivity contribution in [3.63, 3.8) is 0 Å². The third-order valence-corrected chi connectivity index (χ3v) is 3.06. The quantitative estimate of drug-likeness (QED) is 0.752. The van der Waals surface area contributed by atoms with E-state index in [1.165, 1.54) is 12.8 Å². The Morgan fingerprint density at radius 2 is 2.13 bits per heavy atom. The zero-order chi connectivity index (χ0) is 10.0. The van der Waals surface area contributed by atoms with Gasteiger partial charge in [0.05, 0.1) is 13.2 Å². The number of hydrogen-bond acceptors (Lipinski definition) is 3. The van der Waals surface area contributed by atoms with Crippen LogP contribution in [0.15, 0.2) is 0 Å². The predicted octanol–water partition coefficient (Wildman–Crippen LogP) is 1.81. The lowest BCUT2D eigenvalue weighted by Crippen LogP contribution is -2.52. The maximum absolute atomic E-state index is 5.84. The molecular formula is C11H22ClNO2. The van der Waals surface area contributed by atoms with Crippen molar-refractivity contribution >= 4 is 12.4 Å². The highest BCUT2D eigenvalue weighted by Crippen LogP contribution is 2.25. The molecule has 15 heavy (non-hydrogen) atoms. The van der Waals surface area contributed by atoms with Crippen molar-refractivity contribution in [2.45, 2.75) is 32.9 Å². The molecule has 0 aromatic rings. The second kappa shape index (κ2) is 5.48. The van der Waals surface area contributed by atoms with Crippen molar-refractivity contribution in [3.05, 3.63) is 0 Å². The minimum absolute atomic E-state index is 0. The summed E-state index contributed by atoms with van der Waals surface area (Å²) in [6.45, 7) is 8.16. The maximum Gasteiger partial charge on any atom is 0.113 e. The molecule has 2 fully saturated rings. The van der Waals surface area contributed by atoms with Crippen LogP contribution in [0.4, 0.5) is 0 Å². The van der Waals surface area contributed by atoms with E-state index >= 15 is 0 Å². The van der Waals surface area contributed by atoms with Crippen LogP contribution in [0.2, 0.25) is 0 Å². The van der Waals surface area contributed by atoms with E-state index in [0.29, 0.717) is 5.92 Å². The van der Waals surface area contributed by atoms with E-state index in [1.807, 2.05) is 0 Å². The SMILES string of the molecule is CC1(C)CNC(C2CCCOC2)OC1.Cl. The number of rotatable bonds is 1. The Balaban J connectivity index is 0.00000112. The van der Waals surface area contributed by atoms with Crippen LogP contribution in [0.25, 0.3) is 0 Å². The van der Waals surface area contributed by atoms with Crippen molar-refractivity contribution in [1.29, 1.82) is 0 Å². The van der Waals surface area contributed by atoms with E-state index in [4.69, 9.17) is 9.47 Å². The number of ether oxygens (including phenoxy) is 2. The standard InChI is InChI=1S/C11H21NO2.ClH/c1-11(2)7-12-10(14-8-11)9-4-3-5-13-6-9;/h9-10,12H,3-8H2,1-2H3;1H. The van der Waals surface area contributed by atoms with Crippen LogP contribution < -0.4 is 5.32 Å². The topological polar surface area (TPSA) is 30.5 Å². The molecule has 2 rings (SSSR count). The first-order valence-electron chi connectivity index (χ1n) is 5.60. The zero-order valence-electron chi connectivity index (χ0n) is 9.62. The molecule has 2 atom stereocenters. The molecule has 2 saturated heterocycles. The van der Waals surface area contributed by atoms with E-state index < -0.39 is 0 Å². The van der Waals surface area contributed by atoms with Crippen molar-refractivity contribution in [3.8, 4) is 0 Å². The lowest BCUT2D eigenvalue weighted by molar-refractivity contribution is -0.112. The average molecular weight is 236 g/mol. The highest BCUT2D eigenvalue weighted by molar-refractivity contribution is 5.85. The summed E-state index contributed by atoms with van der Waals surface area (Å²) in [7, 11) is 0. The molecule has 2 heterocycles. The molecule has 90 valence electrons. The Hall–Kier alpha value is 0.170. The van der Waals surface area contributed by atoms with Crippen LogP contribution in [-0.4, -0.2) is 32.6 Å². The van der Waals surface area contributed by atoms with E-state index in [-0.39, 0.29) is 24.0 Å². The molecule has 2 aliphatic rings. The second-order valence-corrected chi connectivity index (χ2v) is 5.25. The van der Waals surface area contributed by atoms with Gasteiger partial charge in [-0.2, -0.15) is 0 Å². The van der Waals surface area contributed by atoms with Crippen LogP contribution >= 0.6 is 12.4 Å². The first-order valence-corrected chi connectivity index (χ1v) is 5.60. The van der Waals surface area contributed by atoms with Crippen molar-refractivity contribution in [2.24, 2.45) is 11.3 Å². The summed E-state index contributed by atoms with van der Waals surface area (Å²) < 4.78 is 11.3. The Morgan fingerprint density at radius 3 is 2.67 bits per heavy atom. The Kier molecular flexibility index (Phi) is 4.84. The maximum atomic E-state index is 5.84. The lowest BCUT2D eigenvalue weighted by Gasteiger charge is -2.40. The van der Waals surface area contributed by atoms with Crippen LogP contribution in [0.3, 0.4) is 0 Å². The van der Waals surface area contributed by atoms with Gasteiger partial charge in [-0.1, -0.05) is 13.8 Å². The molecule has 1 N–H and O–H groups in total. The van der Waals surface area contributed by atoms with Crippen LogP contribution in [0, 0.1) is 11.3 Å². The summed E-state index contributed by atoms with van der Waals surface area (Å²) in [4.78, 5) is 0. The number of nitrogens with one attached hydrogen (secondary N) is 1. The molecule has 0 amide bonds. The molecule has 0 saturated carbocycles. The molecule has 0 spiro atoms. The summed E-state index contributed by atoms with van der Waals surface area (Å²) >= 11 is 0. The fourth-order valence-corrected chi connectivity index (χ4v) is 2.11. The van der Waals surface area contributed by atoms with E-state index in [0.717, 1.165) is 26.4 Å². The van der Waals surface area contributed by atoms with Gasteiger partial charge in [-0.05, 0) is 12.8 Å². The van der Waals surface area contributed by atoms with E-state index in [9.17, 15) is 0 Å². The fraction of sp³-hybridized carbons (Fsp3) is 1.00. The summed E-state index contributed by atoms with van der Waals surface area (Å²) in [6.07, 6.45) is 2.64. The first-order chi connectivity index (χ1) is 6.67. The van der Waals surface area contributed by atoms with Crippen molar-refractivity contribution < 1.29 is 9.47 Å². The largest absolute Gasteiger partial charge is 0.381 e. The lowest BCUT2D eigenvalue weighted by atomic mass is 9.91.